The molecule has 1 atom stereocenters. The summed E-state index contributed by atoms with van der Waals surface area (Å²) in [5, 5.41) is 11.6. The number of hydrogen-bond acceptors (Lipinski definition) is 4. The van der Waals surface area contributed by atoms with E-state index >= 15 is 0 Å². The van der Waals surface area contributed by atoms with Crippen molar-refractivity contribution in [3.8, 4) is 0 Å². The van der Waals surface area contributed by atoms with Crippen LogP contribution in [0.2, 0.25) is 5.02 Å². The quantitative estimate of drug-likeness (QED) is 0.870. The molecule has 1 aromatic carbocycles. The summed E-state index contributed by atoms with van der Waals surface area (Å²) in [7, 11) is 0. The van der Waals surface area contributed by atoms with Crippen LogP contribution < -0.4 is 0 Å². The number of amides is 1. The number of halogens is 1. The Labute approximate surface area is 158 Å². The summed E-state index contributed by atoms with van der Waals surface area (Å²) in [6.45, 7) is 2.60. The van der Waals surface area contributed by atoms with Crippen LogP contribution in [0.1, 0.15) is 47.0 Å². The van der Waals surface area contributed by atoms with Gasteiger partial charge in [0.2, 0.25) is 5.76 Å². The van der Waals surface area contributed by atoms with Crippen LogP contribution in [0.3, 0.4) is 0 Å². The van der Waals surface area contributed by atoms with E-state index in [1.54, 1.807) is 11.8 Å². The number of carbonyl (C=O) groups excluding carboxylic acids is 1. The molecule has 2 aliphatic rings. The summed E-state index contributed by atoms with van der Waals surface area (Å²) in [6.07, 6.45) is 4.25. The van der Waals surface area contributed by atoms with E-state index in [0.29, 0.717) is 47.7 Å². The fourth-order valence-corrected chi connectivity index (χ4v) is 3.86. The molecular weight excluding hydrogens is 352 g/mol. The number of rotatable bonds is 5. The summed E-state index contributed by atoms with van der Waals surface area (Å²) in [4.78, 5) is 18.9. The highest BCUT2D eigenvalue weighted by Gasteiger charge is 2.40. The van der Waals surface area contributed by atoms with Crippen molar-refractivity contribution in [2.24, 2.45) is 5.92 Å². The Morgan fingerprint density at radius 2 is 2.27 bits per heavy atom. The summed E-state index contributed by atoms with van der Waals surface area (Å²) < 4.78 is 5.74. The van der Waals surface area contributed by atoms with Crippen LogP contribution >= 0.6 is 11.6 Å². The fraction of sp³-hybridized carbons (Fsp3) is 0.500. The standard InChI is InChI=1S/C20H23ClN2O3/c1-13-18(26-17(22-13)10-14-5-6-14)19(24)23-8-7-20(25,12-23)11-15-3-2-4-16(21)9-15/h2-4,9,14,25H,5-8,10-12H2,1H3. The molecule has 1 amide bonds. The van der Waals surface area contributed by atoms with Crippen molar-refractivity contribution in [2.45, 2.75) is 44.6 Å². The van der Waals surface area contributed by atoms with Crippen LogP contribution in [0.15, 0.2) is 28.7 Å². The van der Waals surface area contributed by atoms with Crippen molar-refractivity contribution in [3.63, 3.8) is 0 Å². The molecule has 26 heavy (non-hydrogen) atoms. The first kappa shape index (κ1) is 17.6. The Hall–Kier alpha value is -1.85. The first-order valence-electron chi connectivity index (χ1n) is 9.14. The van der Waals surface area contributed by atoms with Gasteiger partial charge in [-0.3, -0.25) is 4.79 Å². The smallest absolute Gasteiger partial charge is 0.291 e. The SMILES string of the molecule is Cc1nc(CC2CC2)oc1C(=O)N1CCC(O)(Cc2cccc(Cl)c2)C1. The van der Waals surface area contributed by atoms with Crippen molar-refractivity contribution in [3.05, 3.63) is 52.2 Å². The van der Waals surface area contributed by atoms with Gasteiger partial charge in [-0.2, -0.15) is 0 Å². The molecule has 6 heteroatoms. The number of nitrogens with zero attached hydrogens (tertiary/aromatic N) is 2. The number of aliphatic hydroxyl groups is 1. The second kappa shape index (κ2) is 6.71. The third kappa shape index (κ3) is 3.79. The Balaban J connectivity index is 1.44. The number of aryl methyl sites for hydroxylation is 1. The summed E-state index contributed by atoms with van der Waals surface area (Å²) in [6, 6.07) is 7.48. The van der Waals surface area contributed by atoms with E-state index in [4.69, 9.17) is 16.0 Å². The van der Waals surface area contributed by atoms with Gasteiger partial charge >= 0.3 is 0 Å². The van der Waals surface area contributed by atoms with Gasteiger partial charge in [0.05, 0.1) is 17.8 Å². The Kier molecular flexibility index (Phi) is 4.53. The van der Waals surface area contributed by atoms with Gasteiger partial charge in [-0.15, -0.1) is 0 Å². The fourth-order valence-electron chi connectivity index (χ4n) is 3.65. The number of carbonyl (C=O) groups is 1. The predicted molar refractivity (Wildman–Crippen MR) is 98.3 cm³/mol. The van der Waals surface area contributed by atoms with Gasteiger partial charge < -0.3 is 14.4 Å². The molecule has 2 aromatic rings. The molecule has 1 saturated carbocycles. The minimum absolute atomic E-state index is 0.181. The molecule has 1 saturated heterocycles. The van der Waals surface area contributed by atoms with Crippen molar-refractivity contribution >= 4 is 17.5 Å². The molecule has 1 N–H and O–H groups in total. The van der Waals surface area contributed by atoms with E-state index in [9.17, 15) is 9.90 Å². The number of oxazole rings is 1. The lowest BCUT2D eigenvalue weighted by atomic mass is 9.94. The van der Waals surface area contributed by atoms with E-state index in [0.717, 1.165) is 12.0 Å². The predicted octanol–water partition coefficient (Wildman–Crippen LogP) is 3.41. The molecule has 5 nitrogen and oxygen atoms in total. The van der Waals surface area contributed by atoms with Crippen LogP contribution in [0.4, 0.5) is 0 Å². The largest absolute Gasteiger partial charge is 0.435 e. The van der Waals surface area contributed by atoms with Gasteiger partial charge in [-0.25, -0.2) is 4.98 Å². The molecule has 2 heterocycles. The van der Waals surface area contributed by atoms with Gasteiger partial charge in [0, 0.05) is 24.4 Å². The monoisotopic (exact) mass is 374 g/mol. The zero-order valence-electron chi connectivity index (χ0n) is 14.9. The van der Waals surface area contributed by atoms with Crippen LogP contribution in [0.25, 0.3) is 0 Å². The van der Waals surface area contributed by atoms with E-state index < -0.39 is 5.60 Å². The van der Waals surface area contributed by atoms with Gasteiger partial charge in [-0.1, -0.05) is 23.7 Å². The molecule has 0 bridgehead atoms. The number of β-amino-alcohol motifs (C(OH)–C–C–N with tert-alkyl or cyclic N) is 1. The highest BCUT2D eigenvalue weighted by Crippen LogP contribution is 2.33. The summed E-state index contributed by atoms with van der Waals surface area (Å²) in [5.74, 6) is 1.44. The highest BCUT2D eigenvalue weighted by molar-refractivity contribution is 6.30. The van der Waals surface area contributed by atoms with E-state index in [1.807, 2.05) is 24.3 Å². The van der Waals surface area contributed by atoms with Crippen molar-refractivity contribution < 1.29 is 14.3 Å². The van der Waals surface area contributed by atoms with E-state index in [-0.39, 0.29) is 12.5 Å². The molecule has 1 aliphatic carbocycles. The van der Waals surface area contributed by atoms with E-state index in [1.165, 1.54) is 12.8 Å². The molecule has 1 aromatic heterocycles. The normalized spacial score (nSPS) is 22.8. The molecule has 0 spiro atoms. The number of hydrogen-bond donors (Lipinski definition) is 1. The maximum absolute atomic E-state index is 12.8. The van der Waals surface area contributed by atoms with E-state index in [2.05, 4.69) is 4.98 Å². The lowest BCUT2D eigenvalue weighted by molar-refractivity contribution is 0.0434. The van der Waals surface area contributed by atoms with Crippen LogP contribution in [-0.4, -0.2) is 39.6 Å². The highest BCUT2D eigenvalue weighted by atomic mass is 35.5. The molecule has 4 rings (SSSR count). The number of benzene rings is 1. The van der Waals surface area contributed by atoms with Crippen LogP contribution in [0.5, 0.6) is 0 Å². The minimum atomic E-state index is -0.939. The molecule has 1 aliphatic heterocycles. The van der Waals surface area contributed by atoms with Gasteiger partial charge in [0.1, 0.15) is 0 Å². The summed E-state index contributed by atoms with van der Waals surface area (Å²) >= 11 is 6.03. The second-order valence-electron chi connectivity index (χ2n) is 7.68. The molecule has 1 unspecified atom stereocenters. The molecule has 0 radical (unpaired) electrons. The molecule has 138 valence electrons. The first-order chi connectivity index (χ1) is 12.4. The Bertz CT molecular complexity index is 830. The minimum Gasteiger partial charge on any atom is -0.435 e. The van der Waals surface area contributed by atoms with Gasteiger partial charge in [0.25, 0.3) is 5.91 Å². The Morgan fingerprint density at radius 3 is 3.00 bits per heavy atom. The van der Waals surface area contributed by atoms with Crippen molar-refractivity contribution in [2.75, 3.05) is 13.1 Å². The van der Waals surface area contributed by atoms with Gasteiger partial charge in [0.15, 0.2) is 5.89 Å². The average molecular weight is 375 g/mol. The van der Waals surface area contributed by atoms with Crippen LogP contribution in [0, 0.1) is 12.8 Å². The number of likely N-dealkylation sites (tertiary alicyclic amines) is 1. The van der Waals surface area contributed by atoms with Crippen molar-refractivity contribution in [1.82, 2.24) is 9.88 Å². The maximum Gasteiger partial charge on any atom is 0.291 e. The zero-order chi connectivity index (χ0) is 18.3. The first-order valence-corrected chi connectivity index (χ1v) is 9.52. The lowest BCUT2D eigenvalue weighted by Crippen LogP contribution is -2.37. The lowest BCUT2D eigenvalue weighted by Gasteiger charge is -2.23. The topological polar surface area (TPSA) is 66.6 Å². The number of aromatic nitrogens is 1. The maximum atomic E-state index is 12.8. The van der Waals surface area contributed by atoms with Gasteiger partial charge in [-0.05, 0) is 49.8 Å². The molecular formula is C20H23ClN2O3. The van der Waals surface area contributed by atoms with Crippen LogP contribution in [-0.2, 0) is 12.8 Å². The summed E-state index contributed by atoms with van der Waals surface area (Å²) in [5.41, 5.74) is 0.665. The average Bonchev–Trinajstić information content (AvgIpc) is 3.20. The Morgan fingerprint density at radius 1 is 1.46 bits per heavy atom. The third-order valence-corrected chi connectivity index (χ3v) is 5.47. The second-order valence-corrected chi connectivity index (χ2v) is 8.11. The zero-order valence-corrected chi connectivity index (χ0v) is 15.6. The van der Waals surface area contributed by atoms with Crippen molar-refractivity contribution in [1.29, 1.82) is 0 Å². The molecule has 2 fully saturated rings. The third-order valence-electron chi connectivity index (χ3n) is 5.24.